The van der Waals surface area contributed by atoms with Crippen LogP contribution in [-0.4, -0.2) is 41.0 Å². The maximum Gasteiger partial charge on any atom is 0.270 e. The van der Waals surface area contributed by atoms with E-state index >= 15 is 0 Å². The highest BCUT2D eigenvalue weighted by molar-refractivity contribution is 5.93. The minimum atomic E-state index is 0.0958. The Morgan fingerprint density at radius 2 is 1.74 bits per heavy atom. The molecule has 3 heterocycles. The van der Waals surface area contributed by atoms with Crippen LogP contribution in [0.2, 0.25) is 0 Å². The zero-order valence-corrected chi connectivity index (χ0v) is 13.5. The van der Waals surface area contributed by atoms with Gasteiger partial charge in [0.2, 0.25) is 0 Å². The SMILES string of the molecule is CN(C(=O)c1ccc(-c2ccccc2)[nH]1)C1CC2CCC(C1)N2. The van der Waals surface area contributed by atoms with Crippen LogP contribution in [0.5, 0.6) is 0 Å². The van der Waals surface area contributed by atoms with Crippen LogP contribution < -0.4 is 5.32 Å². The van der Waals surface area contributed by atoms with Gasteiger partial charge < -0.3 is 15.2 Å². The monoisotopic (exact) mass is 309 g/mol. The van der Waals surface area contributed by atoms with Gasteiger partial charge in [0.1, 0.15) is 5.69 Å². The number of hydrogen-bond donors (Lipinski definition) is 2. The van der Waals surface area contributed by atoms with Gasteiger partial charge in [-0.25, -0.2) is 0 Å². The van der Waals surface area contributed by atoms with Gasteiger partial charge in [0.15, 0.2) is 0 Å². The standard InChI is InChI=1S/C19H23N3O/c1-22(16-11-14-7-8-15(12-16)20-14)19(23)18-10-9-17(21-18)13-5-3-2-4-6-13/h2-6,9-10,14-16,20-21H,7-8,11-12H2,1H3. The predicted molar refractivity (Wildman–Crippen MR) is 91.3 cm³/mol. The second-order valence-electron chi connectivity index (χ2n) is 6.83. The Bertz CT molecular complexity index is 682. The number of amides is 1. The molecule has 2 saturated heterocycles. The van der Waals surface area contributed by atoms with Crippen LogP contribution in [0, 0.1) is 0 Å². The predicted octanol–water partition coefficient (Wildman–Crippen LogP) is 3.04. The molecule has 2 aromatic rings. The first-order chi connectivity index (χ1) is 11.2. The fraction of sp³-hybridized carbons (Fsp3) is 0.421. The minimum Gasteiger partial charge on any atom is -0.351 e. The van der Waals surface area contributed by atoms with E-state index in [1.54, 1.807) is 0 Å². The molecule has 0 saturated carbocycles. The van der Waals surface area contributed by atoms with Crippen LogP contribution in [0.4, 0.5) is 0 Å². The maximum atomic E-state index is 12.8. The van der Waals surface area contributed by atoms with E-state index < -0.39 is 0 Å². The third-order valence-electron chi connectivity index (χ3n) is 5.32. The number of fused-ring (bicyclic) bond motifs is 2. The number of hydrogen-bond acceptors (Lipinski definition) is 2. The van der Waals surface area contributed by atoms with Crippen molar-refractivity contribution >= 4 is 5.91 Å². The highest BCUT2D eigenvalue weighted by Gasteiger charge is 2.36. The van der Waals surface area contributed by atoms with Crippen LogP contribution in [-0.2, 0) is 0 Å². The number of nitrogens with zero attached hydrogens (tertiary/aromatic N) is 1. The van der Waals surface area contributed by atoms with Crippen LogP contribution in [0.3, 0.4) is 0 Å². The van der Waals surface area contributed by atoms with Crippen molar-refractivity contribution in [3.8, 4) is 11.3 Å². The van der Waals surface area contributed by atoms with Crippen LogP contribution in [0.15, 0.2) is 42.5 Å². The molecule has 1 amide bonds. The number of nitrogens with one attached hydrogen (secondary N) is 2. The number of aromatic nitrogens is 1. The summed E-state index contributed by atoms with van der Waals surface area (Å²) in [5.41, 5.74) is 2.78. The van der Waals surface area contributed by atoms with Gasteiger partial charge in [-0.3, -0.25) is 4.79 Å². The van der Waals surface area contributed by atoms with E-state index in [4.69, 9.17) is 0 Å². The third kappa shape index (κ3) is 2.79. The van der Waals surface area contributed by atoms with Crippen molar-refractivity contribution in [2.24, 2.45) is 0 Å². The lowest BCUT2D eigenvalue weighted by Crippen LogP contribution is -2.48. The van der Waals surface area contributed by atoms with Gasteiger partial charge >= 0.3 is 0 Å². The maximum absolute atomic E-state index is 12.8. The minimum absolute atomic E-state index is 0.0958. The second-order valence-corrected chi connectivity index (χ2v) is 6.83. The van der Waals surface area contributed by atoms with Crippen molar-refractivity contribution in [2.45, 2.75) is 43.8 Å². The molecule has 2 N–H and O–H groups in total. The van der Waals surface area contributed by atoms with Gasteiger partial charge in [0.25, 0.3) is 5.91 Å². The Morgan fingerprint density at radius 1 is 1.04 bits per heavy atom. The third-order valence-corrected chi connectivity index (χ3v) is 5.32. The Labute approximate surface area is 136 Å². The van der Waals surface area contributed by atoms with Gasteiger partial charge in [-0.05, 0) is 43.4 Å². The summed E-state index contributed by atoms with van der Waals surface area (Å²) in [6.45, 7) is 0. The molecule has 2 aliphatic rings. The molecule has 0 spiro atoms. The summed E-state index contributed by atoms with van der Waals surface area (Å²) < 4.78 is 0. The molecule has 4 heteroatoms. The smallest absolute Gasteiger partial charge is 0.270 e. The number of H-pyrrole nitrogens is 1. The van der Waals surface area contributed by atoms with Gasteiger partial charge in [-0.15, -0.1) is 0 Å². The number of carbonyl (C=O) groups is 1. The highest BCUT2D eigenvalue weighted by atomic mass is 16.2. The lowest BCUT2D eigenvalue weighted by atomic mass is 9.98. The molecule has 1 aromatic heterocycles. The molecule has 2 unspecified atom stereocenters. The fourth-order valence-electron chi connectivity index (χ4n) is 4.01. The molecule has 2 aliphatic heterocycles. The molecule has 1 aromatic carbocycles. The first-order valence-electron chi connectivity index (χ1n) is 8.48. The van der Waals surface area contributed by atoms with E-state index in [0.717, 1.165) is 24.1 Å². The first kappa shape index (κ1) is 14.5. The van der Waals surface area contributed by atoms with Gasteiger partial charge in [0.05, 0.1) is 0 Å². The molecule has 2 bridgehead atoms. The first-order valence-corrected chi connectivity index (χ1v) is 8.48. The summed E-state index contributed by atoms with van der Waals surface area (Å²) in [6.07, 6.45) is 4.66. The van der Waals surface area contributed by atoms with E-state index in [1.807, 2.05) is 54.4 Å². The summed E-state index contributed by atoms with van der Waals surface area (Å²) in [5, 5.41) is 3.63. The molecule has 2 fully saturated rings. The van der Waals surface area contributed by atoms with E-state index in [0.29, 0.717) is 23.8 Å². The summed E-state index contributed by atoms with van der Waals surface area (Å²) in [7, 11) is 1.95. The van der Waals surface area contributed by atoms with E-state index in [2.05, 4.69) is 10.3 Å². The van der Waals surface area contributed by atoms with Crippen LogP contribution >= 0.6 is 0 Å². The molecule has 0 radical (unpaired) electrons. The van der Waals surface area contributed by atoms with Crippen molar-refractivity contribution in [1.82, 2.24) is 15.2 Å². The van der Waals surface area contributed by atoms with E-state index in [9.17, 15) is 4.79 Å². The van der Waals surface area contributed by atoms with Crippen molar-refractivity contribution in [2.75, 3.05) is 7.05 Å². The Kier molecular flexibility index (Phi) is 3.69. The van der Waals surface area contributed by atoms with Crippen molar-refractivity contribution in [3.63, 3.8) is 0 Å². The molecular weight excluding hydrogens is 286 g/mol. The summed E-state index contributed by atoms with van der Waals surface area (Å²) in [6, 6.07) is 15.5. The number of benzene rings is 1. The van der Waals surface area contributed by atoms with Crippen molar-refractivity contribution in [3.05, 3.63) is 48.2 Å². The molecular formula is C19H23N3O. The molecule has 4 rings (SSSR count). The van der Waals surface area contributed by atoms with Crippen molar-refractivity contribution in [1.29, 1.82) is 0 Å². The number of aromatic amines is 1. The van der Waals surface area contributed by atoms with E-state index in [1.165, 1.54) is 12.8 Å². The van der Waals surface area contributed by atoms with Crippen LogP contribution in [0.25, 0.3) is 11.3 Å². The van der Waals surface area contributed by atoms with Gasteiger partial charge in [-0.1, -0.05) is 30.3 Å². The quantitative estimate of drug-likeness (QED) is 0.915. The van der Waals surface area contributed by atoms with Gasteiger partial charge in [-0.2, -0.15) is 0 Å². The van der Waals surface area contributed by atoms with Crippen molar-refractivity contribution < 1.29 is 4.79 Å². The van der Waals surface area contributed by atoms with E-state index in [-0.39, 0.29) is 5.91 Å². The summed E-state index contributed by atoms with van der Waals surface area (Å²) in [4.78, 5) is 18.0. The summed E-state index contributed by atoms with van der Waals surface area (Å²) in [5.74, 6) is 0.0958. The summed E-state index contributed by atoms with van der Waals surface area (Å²) >= 11 is 0. The fourth-order valence-corrected chi connectivity index (χ4v) is 4.01. The number of carbonyl (C=O) groups excluding carboxylic acids is 1. The average Bonchev–Trinajstić information content (AvgIpc) is 3.21. The normalized spacial score (nSPS) is 26.2. The molecule has 0 aliphatic carbocycles. The number of piperidine rings is 1. The largest absolute Gasteiger partial charge is 0.351 e. The molecule has 4 nitrogen and oxygen atoms in total. The lowest BCUT2D eigenvalue weighted by molar-refractivity contribution is 0.0676. The van der Waals surface area contributed by atoms with Crippen LogP contribution in [0.1, 0.15) is 36.2 Å². The molecule has 2 atom stereocenters. The number of rotatable bonds is 3. The highest BCUT2D eigenvalue weighted by Crippen LogP contribution is 2.30. The molecule has 120 valence electrons. The lowest BCUT2D eigenvalue weighted by Gasteiger charge is -2.35. The Hall–Kier alpha value is -2.07. The Balaban J connectivity index is 1.49. The topological polar surface area (TPSA) is 48.1 Å². The average molecular weight is 309 g/mol. The zero-order chi connectivity index (χ0) is 15.8. The Morgan fingerprint density at radius 3 is 2.43 bits per heavy atom. The van der Waals surface area contributed by atoms with Gasteiger partial charge in [0, 0.05) is 30.9 Å². The zero-order valence-electron chi connectivity index (χ0n) is 13.5. The molecule has 23 heavy (non-hydrogen) atoms. The second kappa shape index (κ2) is 5.85.